The molecule has 2 heterocycles. The van der Waals surface area contributed by atoms with Crippen molar-refractivity contribution in [2.45, 2.75) is 6.54 Å². The van der Waals surface area contributed by atoms with Crippen LogP contribution >= 0.6 is 23.4 Å². The molecule has 0 radical (unpaired) electrons. The Morgan fingerprint density at radius 3 is 2.88 bits per heavy atom. The molecule has 0 saturated carbocycles. The number of ether oxygens (including phenoxy) is 1. The summed E-state index contributed by atoms with van der Waals surface area (Å²) in [4.78, 5) is 23.1. The van der Waals surface area contributed by atoms with E-state index in [2.05, 4.69) is 15.3 Å². The lowest BCUT2D eigenvalue weighted by Gasteiger charge is -2.18. The van der Waals surface area contributed by atoms with Crippen LogP contribution in [0.4, 0.5) is 11.6 Å². The number of thioether (sulfide) groups is 1. The molecule has 1 amide bonds. The fraction of sp³-hybridized carbons (Fsp3) is 0.174. The minimum absolute atomic E-state index is 0.0430. The number of hydrogen-bond acceptors (Lipinski definition) is 8. The lowest BCUT2D eigenvalue weighted by Crippen LogP contribution is -2.36. The first-order chi connectivity index (χ1) is 16.5. The maximum atomic E-state index is 13.2. The second kappa shape index (κ2) is 11.1. The van der Waals surface area contributed by atoms with Crippen LogP contribution in [0.25, 0.3) is 6.08 Å². The van der Waals surface area contributed by atoms with Crippen molar-refractivity contribution >= 4 is 58.0 Å². The maximum absolute atomic E-state index is 13.2. The number of benzene rings is 2. The quantitative estimate of drug-likeness (QED) is 0.205. The van der Waals surface area contributed by atoms with E-state index in [1.54, 1.807) is 43.5 Å². The number of carbonyl (C=O) groups excluding carboxylic acids is 1. The highest BCUT2D eigenvalue weighted by Gasteiger charge is 2.31. The van der Waals surface area contributed by atoms with Gasteiger partial charge in [-0.05, 0) is 46.5 Å². The van der Waals surface area contributed by atoms with Crippen LogP contribution in [-0.2, 0) is 16.1 Å². The van der Waals surface area contributed by atoms with Crippen molar-refractivity contribution < 1.29 is 23.8 Å². The number of amides is 1. The van der Waals surface area contributed by atoms with Gasteiger partial charge < -0.3 is 9.84 Å². The summed E-state index contributed by atoms with van der Waals surface area (Å²) in [5, 5.41) is 17.1. The van der Waals surface area contributed by atoms with Gasteiger partial charge in [0.1, 0.15) is 12.3 Å². The van der Waals surface area contributed by atoms with Crippen LogP contribution in [0.5, 0.6) is 0 Å². The Hall–Kier alpha value is -3.47. The highest BCUT2D eigenvalue weighted by molar-refractivity contribution is 8.14. The SMILES string of the molecule is COCC[n+]1cc(/N=C(\[O-])CSC2=N/C(=C/c3cccc(Cl)c3)C(=O)N2c2ccccc2)on1. The maximum Gasteiger partial charge on any atom is 0.320 e. The number of aliphatic imine (C=N–C) groups is 2. The molecule has 4 rings (SSSR count). The number of methoxy groups -OCH3 is 1. The summed E-state index contributed by atoms with van der Waals surface area (Å²) in [6.07, 6.45) is 3.18. The lowest BCUT2D eigenvalue weighted by molar-refractivity contribution is -0.763. The number of para-hydroxylation sites is 1. The van der Waals surface area contributed by atoms with Gasteiger partial charge in [-0.2, -0.15) is 0 Å². The number of amidine groups is 1. The number of aromatic nitrogens is 2. The molecule has 11 heteroatoms. The second-order valence-corrected chi connectivity index (χ2v) is 8.42. The summed E-state index contributed by atoms with van der Waals surface area (Å²) in [6.45, 7) is 0.930. The van der Waals surface area contributed by atoms with Crippen LogP contribution in [0.2, 0.25) is 5.02 Å². The van der Waals surface area contributed by atoms with Gasteiger partial charge in [-0.15, -0.1) is 0 Å². The van der Waals surface area contributed by atoms with Gasteiger partial charge in [0.25, 0.3) is 12.1 Å². The van der Waals surface area contributed by atoms with Gasteiger partial charge in [0, 0.05) is 17.9 Å². The van der Waals surface area contributed by atoms with Gasteiger partial charge in [0.15, 0.2) is 5.17 Å². The normalized spacial score (nSPS) is 15.3. The Morgan fingerprint density at radius 2 is 2.12 bits per heavy atom. The van der Waals surface area contributed by atoms with E-state index in [0.29, 0.717) is 29.0 Å². The van der Waals surface area contributed by atoms with Crippen LogP contribution in [0.1, 0.15) is 5.56 Å². The average molecular weight is 498 g/mol. The first-order valence-corrected chi connectivity index (χ1v) is 11.6. The molecule has 0 bridgehead atoms. The zero-order valence-corrected chi connectivity index (χ0v) is 19.7. The number of halogens is 1. The van der Waals surface area contributed by atoms with Crippen LogP contribution in [-0.4, -0.2) is 41.7 Å². The molecule has 0 N–H and O–H groups in total. The average Bonchev–Trinajstić information content (AvgIpc) is 3.40. The lowest BCUT2D eigenvalue weighted by atomic mass is 10.2. The van der Waals surface area contributed by atoms with E-state index in [-0.39, 0.29) is 23.2 Å². The van der Waals surface area contributed by atoms with Crippen LogP contribution in [0.3, 0.4) is 0 Å². The Balaban J connectivity index is 1.54. The predicted octanol–water partition coefficient (Wildman–Crippen LogP) is 2.83. The fourth-order valence-corrected chi connectivity index (χ4v) is 4.04. The van der Waals surface area contributed by atoms with Crippen molar-refractivity contribution in [3.8, 4) is 0 Å². The first kappa shape index (κ1) is 23.7. The molecule has 0 atom stereocenters. The van der Waals surface area contributed by atoms with E-state index >= 15 is 0 Å². The molecule has 0 fully saturated rings. The third kappa shape index (κ3) is 5.90. The number of nitrogens with zero attached hydrogens (tertiary/aromatic N) is 5. The molecule has 3 aromatic rings. The molecular formula is C23H20ClN5O4S. The molecule has 34 heavy (non-hydrogen) atoms. The Labute approximate surface area is 205 Å². The van der Waals surface area contributed by atoms with E-state index < -0.39 is 5.90 Å². The number of carbonyl (C=O) groups is 1. The molecule has 9 nitrogen and oxygen atoms in total. The van der Waals surface area contributed by atoms with E-state index in [4.69, 9.17) is 20.9 Å². The van der Waals surface area contributed by atoms with Gasteiger partial charge in [-0.25, -0.2) is 9.98 Å². The number of rotatable bonds is 8. The van der Waals surface area contributed by atoms with Crippen LogP contribution in [0, 0.1) is 0 Å². The molecule has 0 unspecified atom stereocenters. The Bertz CT molecular complexity index is 1260. The summed E-state index contributed by atoms with van der Waals surface area (Å²) in [6, 6.07) is 16.2. The van der Waals surface area contributed by atoms with E-state index in [9.17, 15) is 9.90 Å². The third-order valence-corrected chi connectivity index (χ3v) is 5.74. The molecule has 2 aromatic carbocycles. The van der Waals surface area contributed by atoms with E-state index in [1.807, 2.05) is 24.3 Å². The van der Waals surface area contributed by atoms with Crippen molar-refractivity contribution in [1.82, 2.24) is 5.27 Å². The highest BCUT2D eigenvalue weighted by Crippen LogP contribution is 2.29. The van der Waals surface area contributed by atoms with Crippen molar-refractivity contribution in [3.63, 3.8) is 0 Å². The van der Waals surface area contributed by atoms with Crippen LogP contribution in [0.15, 0.2) is 81.0 Å². The van der Waals surface area contributed by atoms with Crippen LogP contribution < -0.4 is 14.7 Å². The van der Waals surface area contributed by atoms with Gasteiger partial charge in [0.2, 0.25) is 11.8 Å². The third-order valence-electron chi connectivity index (χ3n) is 4.58. The van der Waals surface area contributed by atoms with Crippen molar-refractivity contribution in [3.05, 3.63) is 77.1 Å². The van der Waals surface area contributed by atoms with Gasteiger partial charge >= 0.3 is 5.88 Å². The summed E-state index contributed by atoms with van der Waals surface area (Å²) in [5.74, 6) is -0.700. The number of hydrogen-bond donors (Lipinski definition) is 0. The molecule has 1 aliphatic heterocycles. The molecule has 0 aliphatic carbocycles. The summed E-state index contributed by atoms with van der Waals surface area (Å²) < 4.78 is 11.5. The highest BCUT2D eigenvalue weighted by atomic mass is 35.5. The standard InChI is InChI=1S/C23H20ClN5O4S/c1-32-11-10-28-14-21(33-27-28)26-20(30)15-34-23-25-19(13-16-6-5-7-17(24)12-16)22(31)29(23)18-8-3-2-4-9-18/h2-9,12-14H,10-11,15H2,1H3/b19-13+. The van der Waals surface area contributed by atoms with Gasteiger partial charge in [0.05, 0.1) is 5.69 Å². The second-order valence-electron chi connectivity index (χ2n) is 7.05. The molecule has 1 aliphatic rings. The monoisotopic (exact) mass is 497 g/mol. The molecule has 0 saturated heterocycles. The zero-order valence-electron chi connectivity index (χ0n) is 18.1. The Morgan fingerprint density at radius 1 is 1.29 bits per heavy atom. The zero-order chi connectivity index (χ0) is 23.9. The van der Waals surface area contributed by atoms with Crippen molar-refractivity contribution in [2.75, 3.05) is 24.4 Å². The van der Waals surface area contributed by atoms with Crippen molar-refractivity contribution in [1.29, 1.82) is 0 Å². The fourth-order valence-electron chi connectivity index (χ4n) is 3.04. The van der Waals surface area contributed by atoms with Gasteiger partial charge in [-0.3, -0.25) is 14.2 Å². The molecule has 1 aromatic heterocycles. The largest absolute Gasteiger partial charge is 0.861 e. The molecule has 174 valence electrons. The molecule has 0 spiro atoms. The number of anilines is 1. The minimum Gasteiger partial charge on any atom is -0.861 e. The molecular weight excluding hydrogens is 478 g/mol. The summed E-state index contributed by atoms with van der Waals surface area (Å²) >= 11 is 7.18. The minimum atomic E-state index is -0.449. The smallest absolute Gasteiger partial charge is 0.320 e. The predicted molar refractivity (Wildman–Crippen MR) is 129 cm³/mol. The Kier molecular flexibility index (Phi) is 7.73. The summed E-state index contributed by atoms with van der Waals surface area (Å²) in [7, 11) is 1.58. The first-order valence-electron chi connectivity index (χ1n) is 10.2. The van der Waals surface area contributed by atoms with E-state index in [1.165, 1.54) is 15.8 Å². The topological polar surface area (TPSA) is 107 Å². The van der Waals surface area contributed by atoms with Gasteiger partial charge in [-0.1, -0.05) is 53.7 Å². The summed E-state index contributed by atoms with van der Waals surface area (Å²) in [5.41, 5.74) is 1.64. The van der Waals surface area contributed by atoms with Crippen molar-refractivity contribution in [2.24, 2.45) is 9.98 Å². The van der Waals surface area contributed by atoms with E-state index in [0.717, 1.165) is 17.3 Å².